The van der Waals surface area contributed by atoms with E-state index in [1.165, 1.54) is 10.5 Å². The Morgan fingerprint density at radius 3 is 3.22 bits per heavy atom. The summed E-state index contributed by atoms with van der Waals surface area (Å²) in [4.78, 5) is 1.45. The molecule has 48 valence electrons. The molecule has 2 rings (SSSR count). The van der Waals surface area contributed by atoms with Crippen LogP contribution in [0.1, 0.15) is 5.56 Å². The minimum atomic E-state index is 1.11. The first-order valence-electron chi connectivity index (χ1n) is 2.80. The van der Waals surface area contributed by atoms with Crippen molar-refractivity contribution in [2.45, 2.75) is 11.4 Å². The molecule has 0 saturated carbocycles. The molecule has 0 saturated heterocycles. The zero-order valence-corrected chi connectivity index (χ0v) is 6.76. The summed E-state index contributed by atoms with van der Waals surface area (Å²) in [5.41, 5.74) is 1.49. The Kier molecular flexibility index (Phi) is 1.29. The summed E-state index contributed by atoms with van der Waals surface area (Å²) in [6.07, 6.45) is 0. The van der Waals surface area contributed by atoms with Gasteiger partial charge in [-0.1, -0.05) is 0 Å². The van der Waals surface area contributed by atoms with Gasteiger partial charge in [0.25, 0.3) is 0 Å². The Bertz CT molecular complexity index is 198. The van der Waals surface area contributed by atoms with Gasteiger partial charge in [0.2, 0.25) is 0 Å². The maximum Gasteiger partial charge on any atom is 0.0382 e. The molecule has 9 heavy (non-hydrogen) atoms. The average Bonchev–Trinajstić information content (AvgIpc) is 2.22. The van der Waals surface area contributed by atoms with E-state index in [0.717, 1.165) is 6.54 Å². The van der Waals surface area contributed by atoms with Crippen molar-refractivity contribution in [1.82, 2.24) is 4.31 Å². The Labute approximate surface area is 62.8 Å². The van der Waals surface area contributed by atoms with Crippen LogP contribution < -0.4 is 0 Å². The molecule has 1 aromatic rings. The lowest BCUT2D eigenvalue weighted by Crippen LogP contribution is -1.99. The normalized spacial score (nSPS) is 18.3. The summed E-state index contributed by atoms with van der Waals surface area (Å²) < 4.78 is 2.25. The van der Waals surface area contributed by atoms with Crippen LogP contribution in [0.3, 0.4) is 0 Å². The van der Waals surface area contributed by atoms with E-state index in [2.05, 4.69) is 22.1 Å². The number of hydrogen-bond donors (Lipinski definition) is 0. The number of thiophene rings is 1. The number of nitrogens with zero attached hydrogens (tertiary/aromatic N) is 1. The van der Waals surface area contributed by atoms with Crippen molar-refractivity contribution in [3.8, 4) is 0 Å². The maximum absolute atomic E-state index is 2.25. The standard InChI is InChI=1S/C6H7NS2/c1-7-2-5-3-8-4-6(5)9-7/h3-4H,2H2,1H3. The Hall–Kier alpha value is 0.01000. The van der Waals surface area contributed by atoms with Gasteiger partial charge in [-0.25, -0.2) is 4.31 Å². The maximum atomic E-state index is 2.25. The molecule has 0 aromatic carbocycles. The van der Waals surface area contributed by atoms with Crippen LogP contribution in [-0.2, 0) is 6.54 Å². The number of rotatable bonds is 0. The second kappa shape index (κ2) is 2.01. The summed E-state index contributed by atoms with van der Waals surface area (Å²) in [5, 5.41) is 4.44. The summed E-state index contributed by atoms with van der Waals surface area (Å²) in [6.45, 7) is 1.11. The van der Waals surface area contributed by atoms with Gasteiger partial charge in [-0.3, -0.25) is 0 Å². The zero-order chi connectivity index (χ0) is 6.27. The van der Waals surface area contributed by atoms with Crippen molar-refractivity contribution in [3.05, 3.63) is 16.3 Å². The van der Waals surface area contributed by atoms with Gasteiger partial charge >= 0.3 is 0 Å². The van der Waals surface area contributed by atoms with Gasteiger partial charge in [0.15, 0.2) is 0 Å². The van der Waals surface area contributed by atoms with Crippen molar-refractivity contribution in [2.75, 3.05) is 7.05 Å². The van der Waals surface area contributed by atoms with Crippen molar-refractivity contribution in [3.63, 3.8) is 0 Å². The lowest BCUT2D eigenvalue weighted by Gasteiger charge is -2.01. The van der Waals surface area contributed by atoms with Crippen molar-refractivity contribution >= 4 is 23.3 Å². The molecule has 1 nitrogen and oxygen atoms in total. The fourth-order valence-corrected chi connectivity index (χ4v) is 2.85. The van der Waals surface area contributed by atoms with Gasteiger partial charge in [-0.05, 0) is 29.9 Å². The van der Waals surface area contributed by atoms with E-state index < -0.39 is 0 Å². The van der Waals surface area contributed by atoms with Crippen LogP contribution in [0.4, 0.5) is 0 Å². The Morgan fingerprint density at radius 2 is 2.44 bits per heavy atom. The van der Waals surface area contributed by atoms with Crippen molar-refractivity contribution in [2.24, 2.45) is 0 Å². The second-order valence-corrected chi connectivity index (χ2v) is 4.13. The van der Waals surface area contributed by atoms with Crippen LogP contribution >= 0.6 is 23.3 Å². The highest BCUT2D eigenvalue weighted by Gasteiger charge is 2.16. The van der Waals surface area contributed by atoms with E-state index in [1.807, 2.05) is 11.9 Å². The minimum absolute atomic E-state index is 1.11. The monoisotopic (exact) mass is 157 g/mol. The van der Waals surface area contributed by atoms with E-state index in [1.54, 1.807) is 11.3 Å². The van der Waals surface area contributed by atoms with Gasteiger partial charge in [0.1, 0.15) is 0 Å². The predicted octanol–water partition coefficient (Wildman–Crippen LogP) is 2.20. The molecule has 0 atom stereocenters. The smallest absolute Gasteiger partial charge is 0.0382 e. The molecule has 0 bridgehead atoms. The molecule has 3 heteroatoms. The van der Waals surface area contributed by atoms with Crippen LogP contribution in [0, 0.1) is 0 Å². The van der Waals surface area contributed by atoms with Gasteiger partial charge < -0.3 is 0 Å². The molecule has 1 aliphatic heterocycles. The van der Waals surface area contributed by atoms with E-state index in [0.29, 0.717) is 0 Å². The first kappa shape index (κ1) is 5.77. The minimum Gasteiger partial charge on any atom is -0.245 e. The SMILES string of the molecule is CN1Cc2cscc2S1. The molecule has 0 unspecified atom stereocenters. The Morgan fingerprint density at radius 1 is 1.56 bits per heavy atom. The van der Waals surface area contributed by atoms with E-state index in [9.17, 15) is 0 Å². The van der Waals surface area contributed by atoms with Crippen LogP contribution in [-0.4, -0.2) is 11.4 Å². The molecule has 0 aliphatic carbocycles. The third kappa shape index (κ3) is 0.892. The molecular weight excluding hydrogens is 150 g/mol. The summed E-state index contributed by atoms with van der Waals surface area (Å²) in [6, 6.07) is 0. The fourth-order valence-electron chi connectivity index (χ4n) is 0.947. The topological polar surface area (TPSA) is 3.24 Å². The molecule has 2 heterocycles. The highest BCUT2D eigenvalue weighted by atomic mass is 32.2. The Balaban J connectivity index is 2.39. The molecule has 1 aliphatic rings. The van der Waals surface area contributed by atoms with Gasteiger partial charge in [0.05, 0.1) is 0 Å². The molecule has 1 aromatic heterocycles. The van der Waals surface area contributed by atoms with E-state index in [4.69, 9.17) is 0 Å². The molecule has 0 fully saturated rings. The molecule has 0 radical (unpaired) electrons. The molecule has 0 N–H and O–H groups in total. The van der Waals surface area contributed by atoms with E-state index >= 15 is 0 Å². The first-order chi connectivity index (χ1) is 4.36. The highest BCUT2D eigenvalue weighted by molar-refractivity contribution is 7.97. The van der Waals surface area contributed by atoms with Crippen LogP contribution in [0.2, 0.25) is 0 Å². The second-order valence-electron chi connectivity index (χ2n) is 2.14. The van der Waals surface area contributed by atoms with Gasteiger partial charge in [-0.2, -0.15) is 11.3 Å². The molecule has 0 spiro atoms. The number of hydrogen-bond acceptors (Lipinski definition) is 3. The average molecular weight is 157 g/mol. The molecular formula is C6H7NS2. The quantitative estimate of drug-likeness (QED) is 0.531. The summed E-state index contributed by atoms with van der Waals surface area (Å²) in [7, 11) is 2.12. The first-order valence-corrected chi connectivity index (χ1v) is 4.52. The largest absolute Gasteiger partial charge is 0.245 e. The van der Waals surface area contributed by atoms with Gasteiger partial charge in [0, 0.05) is 16.8 Å². The van der Waals surface area contributed by atoms with E-state index in [-0.39, 0.29) is 0 Å². The van der Waals surface area contributed by atoms with Crippen molar-refractivity contribution < 1.29 is 0 Å². The van der Waals surface area contributed by atoms with Crippen LogP contribution in [0.5, 0.6) is 0 Å². The lowest BCUT2D eigenvalue weighted by molar-refractivity contribution is 0.582. The third-order valence-electron chi connectivity index (χ3n) is 1.35. The third-order valence-corrected chi connectivity index (χ3v) is 3.31. The fraction of sp³-hybridized carbons (Fsp3) is 0.333. The van der Waals surface area contributed by atoms with Crippen molar-refractivity contribution in [1.29, 1.82) is 0 Å². The molecule has 0 amide bonds. The van der Waals surface area contributed by atoms with Crippen LogP contribution in [0.15, 0.2) is 15.7 Å². The highest BCUT2D eigenvalue weighted by Crippen LogP contribution is 2.36. The predicted molar refractivity (Wildman–Crippen MR) is 41.6 cm³/mol. The van der Waals surface area contributed by atoms with Crippen LogP contribution in [0.25, 0.3) is 0 Å². The summed E-state index contributed by atoms with van der Waals surface area (Å²) >= 11 is 3.64. The number of fused-ring (bicyclic) bond motifs is 1. The zero-order valence-electron chi connectivity index (χ0n) is 5.13. The van der Waals surface area contributed by atoms with Gasteiger partial charge in [-0.15, -0.1) is 0 Å². The lowest BCUT2D eigenvalue weighted by atomic mass is 10.3. The summed E-state index contributed by atoms with van der Waals surface area (Å²) in [5.74, 6) is 0.